The van der Waals surface area contributed by atoms with Gasteiger partial charge in [0, 0.05) is 16.9 Å². The molecule has 3 aromatic heterocycles. The third-order valence-electron chi connectivity index (χ3n) is 4.01. The number of amides is 1. The van der Waals surface area contributed by atoms with Gasteiger partial charge in [-0.05, 0) is 17.7 Å². The van der Waals surface area contributed by atoms with Gasteiger partial charge in [0.05, 0.1) is 11.1 Å². The minimum atomic E-state index is -0.284. The predicted molar refractivity (Wildman–Crippen MR) is 116 cm³/mol. The first-order valence-electron chi connectivity index (χ1n) is 8.75. The van der Waals surface area contributed by atoms with Crippen molar-refractivity contribution in [1.82, 2.24) is 20.2 Å². The van der Waals surface area contributed by atoms with Gasteiger partial charge in [0.1, 0.15) is 27.0 Å². The van der Waals surface area contributed by atoms with E-state index in [1.807, 2.05) is 19.2 Å². The van der Waals surface area contributed by atoms with E-state index < -0.39 is 0 Å². The standard InChI is InChI=1S/C19H16FN5OS3/c1-10(2)16-24-25-19(29-16)23-14(26)8-28-18-15-13(7-27-17(15)21-9-22-18)11-3-5-12(20)6-4-11/h3-7,9-10H,8H2,1-2H3,(H,23,25,26). The summed E-state index contributed by atoms with van der Waals surface area (Å²) in [6, 6.07) is 6.31. The van der Waals surface area contributed by atoms with Crippen molar-refractivity contribution in [2.75, 3.05) is 11.1 Å². The number of anilines is 1. The summed E-state index contributed by atoms with van der Waals surface area (Å²) in [7, 11) is 0. The van der Waals surface area contributed by atoms with E-state index >= 15 is 0 Å². The SMILES string of the molecule is CC(C)c1nnc(NC(=O)CSc2ncnc3scc(-c4ccc(F)cc4)c23)s1. The number of nitrogens with one attached hydrogen (secondary N) is 1. The van der Waals surface area contributed by atoms with Crippen molar-refractivity contribution >= 4 is 55.7 Å². The van der Waals surface area contributed by atoms with Crippen LogP contribution in [-0.4, -0.2) is 31.8 Å². The maximum atomic E-state index is 13.3. The molecule has 0 saturated carbocycles. The molecule has 0 radical (unpaired) electrons. The molecule has 0 saturated heterocycles. The molecule has 1 amide bonds. The lowest BCUT2D eigenvalue weighted by atomic mass is 10.1. The molecule has 1 aromatic carbocycles. The smallest absolute Gasteiger partial charge is 0.236 e. The Morgan fingerprint density at radius 1 is 1.21 bits per heavy atom. The second kappa shape index (κ2) is 8.52. The van der Waals surface area contributed by atoms with Crippen LogP contribution in [0.1, 0.15) is 24.8 Å². The highest BCUT2D eigenvalue weighted by Crippen LogP contribution is 2.37. The monoisotopic (exact) mass is 445 g/mol. The van der Waals surface area contributed by atoms with Crippen LogP contribution >= 0.6 is 34.4 Å². The number of fused-ring (bicyclic) bond motifs is 1. The number of thiophene rings is 1. The maximum Gasteiger partial charge on any atom is 0.236 e. The largest absolute Gasteiger partial charge is 0.300 e. The van der Waals surface area contributed by atoms with Gasteiger partial charge in [0.15, 0.2) is 0 Å². The van der Waals surface area contributed by atoms with Crippen LogP contribution in [0.4, 0.5) is 9.52 Å². The lowest BCUT2D eigenvalue weighted by Gasteiger charge is -2.05. The van der Waals surface area contributed by atoms with Crippen molar-refractivity contribution in [3.8, 4) is 11.1 Å². The first kappa shape index (κ1) is 19.9. The summed E-state index contributed by atoms with van der Waals surface area (Å²) < 4.78 is 13.3. The van der Waals surface area contributed by atoms with Crippen molar-refractivity contribution in [1.29, 1.82) is 0 Å². The van der Waals surface area contributed by atoms with E-state index in [4.69, 9.17) is 0 Å². The van der Waals surface area contributed by atoms with Gasteiger partial charge in [-0.25, -0.2) is 14.4 Å². The molecule has 29 heavy (non-hydrogen) atoms. The summed E-state index contributed by atoms with van der Waals surface area (Å²) in [5.74, 6) is -0.00769. The highest BCUT2D eigenvalue weighted by molar-refractivity contribution is 8.00. The number of benzene rings is 1. The van der Waals surface area contributed by atoms with E-state index in [2.05, 4.69) is 25.5 Å². The Hall–Kier alpha value is -2.43. The second-order valence-corrected chi connectivity index (χ2v) is 9.28. The van der Waals surface area contributed by atoms with Crippen molar-refractivity contribution in [2.24, 2.45) is 0 Å². The number of nitrogens with zero attached hydrogens (tertiary/aromatic N) is 4. The van der Waals surface area contributed by atoms with Gasteiger partial charge in [-0.1, -0.05) is 49.1 Å². The third-order valence-corrected chi connectivity index (χ3v) is 7.03. The summed E-state index contributed by atoms with van der Waals surface area (Å²) in [6.45, 7) is 4.06. The molecule has 0 aliphatic rings. The zero-order valence-electron chi connectivity index (χ0n) is 15.5. The molecular weight excluding hydrogens is 429 g/mol. The van der Waals surface area contributed by atoms with Crippen LogP contribution in [0.25, 0.3) is 21.3 Å². The molecule has 0 bridgehead atoms. The minimum absolute atomic E-state index is 0.174. The Labute approximate surface area is 178 Å². The molecule has 1 N–H and O–H groups in total. The Bertz CT molecular complexity index is 1160. The number of thioether (sulfide) groups is 1. The highest BCUT2D eigenvalue weighted by Gasteiger charge is 2.16. The lowest BCUT2D eigenvalue weighted by Crippen LogP contribution is -2.14. The predicted octanol–water partition coefficient (Wildman–Crippen LogP) is 5.20. The van der Waals surface area contributed by atoms with Crippen molar-refractivity contribution in [2.45, 2.75) is 24.8 Å². The van der Waals surface area contributed by atoms with Gasteiger partial charge < -0.3 is 0 Å². The number of aromatic nitrogens is 4. The van der Waals surface area contributed by atoms with Crippen LogP contribution in [0.3, 0.4) is 0 Å². The number of halogens is 1. The van der Waals surface area contributed by atoms with Crippen LogP contribution in [0.2, 0.25) is 0 Å². The molecule has 0 aliphatic carbocycles. The first-order valence-corrected chi connectivity index (χ1v) is 11.4. The van der Waals surface area contributed by atoms with E-state index in [-0.39, 0.29) is 23.4 Å². The van der Waals surface area contributed by atoms with Crippen LogP contribution in [0, 0.1) is 5.82 Å². The van der Waals surface area contributed by atoms with Crippen molar-refractivity contribution in [3.05, 3.63) is 46.8 Å². The van der Waals surface area contributed by atoms with E-state index in [9.17, 15) is 9.18 Å². The Morgan fingerprint density at radius 3 is 2.72 bits per heavy atom. The van der Waals surface area contributed by atoms with Crippen LogP contribution in [-0.2, 0) is 4.79 Å². The van der Waals surface area contributed by atoms with Gasteiger partial charge in [0.25, 0.3) is 0 Å². The molecular formula is C19H16FN5OS3. The Morgan fingerprint density at radius 2 is 2.00 bits per heavy atom. The molecule has 0 spiro atoms. The van der Waals surface area contributed by atoms with Crippen LogP contribution in [0.15, 0.2) is 41.0 Å². The zero-order chi connectivity index (χ0) is 20.4. The van der Waals surface area contributed by atoms with Crippen molar-refractivity contribution < 1.29 is 9.18 Å². The molecule has 148 valence electrons. The topological polar surface area (TPSA) is 80.7 Å². The molecule has 4 aromatic rings. The van der Waals surface area contributed by atoms with Crippen LogP contribution < -0.4 is 5.32 Å². The quantitative estimate of drug-likeness (QED) is 0.324. The molecule has 0 aliphatic heterocycles. The fourth-order valence-corrected chi connectivity index (χ4v) is 5.16. The Balaban J connectivity index is 1.52. The number of carbonyl (C=O) groups is 1. The minimum Gasteiger partial charge on any atom is -0.300 e. The average Bonchev–Trinajstić information content (AvgIpc) is 3.34. The first-order chi connectivity index (χ1) is 14.0. The molecule has 0 unspecified atom stereocenters. The number of hydrogen-bond donors (Lipinski definition) is 1. The summed E-state index contributed by atoms with van der Waals surface area (Å²) in [5.41, 5.74) is 1.81. The van der Waals surface area contributed by atoms with Gasteiger partial charge in [-0.3, -0.25) is 10.1 Å². The highest BCUT2D eigenvalue weighted by atomic mass is 32.2. The number of carbonyl (C=O) groups excluding carboxylic acids is 1. The molecule has 10 heteroatoms. The molecule has 4 rings (SSSR count). The second-order valence-electron chi connectivity index (χ2n) is 6.45. The Kier molecular flexibility index (Phi) is 5.84. The molecule has 6 nitrogen and oxygen atoms in total. The maximum absolute atomic E-state index is 13.3. The van der Waals surface area contributed by atoms with E-state index in [0.717, 1.165) is 26.4 Å². The fourth-order valence-electron chi connectivity index (χ4n) is 2.61. The van der Waals surface area contributed by atoms with Gasteiger partial charge >= 0.3 is 0 Å². The summed E-state index contributed by atoms with van der Waals surface area (Å²) >= 11 is 4.20. The summed E-state index contributed by atoms with van der Waals surface area (Å²) in [5, 5.41) is 15.8. The average molecular weight is 446 g/mol. The van der Waals surface area contributed by atoms with Gasteiger partial charge in [0.2, 0.25) is 11.0 Å². The molecule has 0 atom stereocenters. The zero-order valence-corrected chi connectivity index (χ0v) is 18.0. The third kappa shape index (κ3) is 4.44. The van der Waals surface area contributed by atoms with E-state index in [0.29, 0.717) is 10.2 Å². The van der Waals surface area contributed by atoms with Crippen LogP contribution in [0.5, 0.6) is 0 Å². The van der Waals surface area contributed by atoms with E-state index in [1.54, 1.807) is 12.1 Å². The summed E-state index contributed by atoms with van der Waals surface area (Å²) in [6.07, 6.45) is 1.49. The normalized spacial score (nSPS) is 11.3. The molecule has 0 fully saturated rings. The fraction of sp³-hybridized carbons (Fsp3) is 0.211. The number of rotatable bonds is 6. The van der Waals surface area contributed by atoms with E-state index in [1.165, 1.54) is 52.9 Å². The number of hydrogen-bond acceptors (Lipinski definition) is 8. The lowest BCUT2D eigenvalue weighted by molar-refractivity contribution is -0.113. The molecule has 3 heterocycles. The van der Waals surface area contributed by atoms with Crippen molar-refractivity contribution in [3.63, 3.8) is 0 Å². The summed E-state index contributed by atoms with van der Waals surface area (Å²) in [4.78, 5) is 21.9. The van der Waals surface area contributed by atoms with Gasteiger partial charge in [-0.15, -0.1) is 21.5 Å². The van der Waals surface area contributed by atoms with Gasteiger partial charge in [-0.2, -0.15) is 0 Å².